The predicted octanol–water partition coefficient (Wildman–Crippen LogP) is 8.86. The van der Waals surface area contributed by atoms with Crippen molar-refractivity contribution in [3.8, 4) is 0 Å². The molecule has 0 unspecified atom stereocenters. The highest BCUT2D eigenvalue weighted by Crippen LogP contribution is 2.48. The lowest BCUT2D eigenvalue weighted by molar-refractivity contribution is 0.0953. The number of hydrogen-bond donors (Lipinski definition) is 1. The van der Waals surface area contributed by atoms with E-state index >= 15 is 0 Å². The molecule has 7 aromatic rings. The van der Waals surface area contributed by atoms with Gasteiger partial charge in [-0.1, -0.05) is 127 Å². The van der Waals surface area contributed by atoms with E-state index in [-0.39, 0.29) is 11.8 Å². The lowest BCUT2D eigenvalue weighted by Crippen LogP contribution is -2.41. The zero-order chi connectivity index (χ0) is 33.0. The molecule has 8 rings (SSSR count). The van der Waals surface area contributed by atoms with E-state index in [1.165, 1.54) is 0 Å². The number of nitrogens with zero attached hydrogens (tertiary/aromatic N) is 5. The standard InChI is InChI=1S/C42H32N6O/c49-42(32-22-10-3-11-23-32)46-48(34-26-14-5-15-27-34)41-39(43-35-28-16-17-29-36(35)44-41)40-37(30-18-6-1-7-19-30)38(31-20-8-2-9-21-31)45-47(40)33-24-12-4-13-25-33/h1-29,37,40H,(H,46,49)/t37-,40-/m0/s1. The molecule has 0 fully saturated rings. The van der Waals surface area contributed by atoms with E-state index in [4.69, 9.17) is 15.1 Å². The van der Waals surface area contributed by atoms with E-state index in [0.29, 0.717) is 22.6 Å². The molecule has 0 saturated heterocycles. The average molecular weight is 637 g/mol. The molecule has 2 atom stereocenters. The fourth-order valence-electron chi connectivity index (χ4n) is 6.39. The Kier molecular flexibility index (Phi) is 8.06. The summed E-state index contributed by atoms with van der Waals surface area (Å²) in [5, 5.41) is 9.20. The molecule has 0 bridgehead atoms. The minimum atomic E-state index is -0.438. The number of para-hydroxylation sites is 4. The van der Waals surface area contributed by atoms with E-state index < -0.39 is 6.04 Å². The number of hydrazone groups is 1. The van der Waals surface area contributed by atoms with E-state index in [2.05, 4.69) is 59.0 Å². The molecule has 2 heterocycles. The molecule has 0 radical (unpaired) electrons. The monoisotopic (exact) mass is 636 g/mol. The average Bonchev–Trinajstić information content (AvgIpc) is 3.59. The molecule has 1 aliphatic heterocycles. The summed E-state index contributed by atoms with van der Waals surface area (Å²) in [4.78, 5) is 24.5. The molecule has 7 nitrogen and oxygen atoms in total. The smallest absolute Gasteiger partial charge is 0.267 e. The van der Waals surface area contributed by atoms with E-state index in [1.807, 2.05) is 115 Å². The first-order chi connectivity index (χ1) is 24.2. The Balaban J connectivity index is 1.39. The Morgan fingerprint density at radius 2 is 1.12 bits per heavy atom. The second-order valence-corrected chi connectivity index (χ2v) is 11.8. The van der Waals surface area contributed by atoms with Crippen molar-refractivity contribution < 1.29 is 4.79 Å². The minimum Gasteiger partial charge on any atom is -0.267 e. The maximum absolute atomic E-state index is 13.9. The SMILES string of the molecule is O=C(NN(c1ccccc1)c1nc2ccccc2nc1[C@@H]1[C@@H](c2ccccc2)C(c2ccccc2)=NN1c1ccccc1)c1ccccc1. The van der Waals surface area contributed by atoms with Crippen molar-refractivity contribution in [2.75, 3.05) is 10.0 Å². The highest BCUT2D eigenvalue weighted by molar-refractivity contribution is 6.08. The Morgan fingerprint density at radius 1 is 0.592 bits per heavy atom. The molecule has 6 aromatic carbocycles. The van der Waals surface area contributed by atoms with Gasteiger partial charge in [-0.25, -0.2) is 15.0 Å². The Morgan fingerprint density at radius 3 is 1.78 bits per heavy atom. The second-order valence-electron chi connectivity index (χ2n) is 11.8. The Bertz CT molecular complexity index is 2230. The molecule has 49 heavy (non-hydrogen) atoms. The lowest BCUT2D eigenvalue weighted by Gasteiger charge is -2.32. The summed E-state index contributed by atoms with van der Waals surface area (Å²) >= 11 is 0. The van der Waals surface area contributed by atoms with Gasteiger partial charge < -0.3 is 0 Å². The number of carbonyl (C=O) groups excluding carboxylic acids is 1. The van der Waals surface area contributed by atoms with Crippen molar-refractivity contribution in [1.82, 2.24) is 15.4 Å². The van der Waals surface area contributed by atoms with Crippen LogP contribution < -0.4 is 15.4 Å². The molecule has 0 saturated carbocycles. The maximum atomic E-state index is 13.9. The predicted molar refractivity (Wildman–Crippen MR) is 196 cm³/mol. The van der Waals surface area contributed by atoms with Crippen molar-refractivity contribution >= 4 is 39.8 Å². The summed E-state index contributed by atoms with van der Waals surface area (Å²) < 4.78 is 0. The number of benzene rings is 6. The van der Waals surface area contributed by atoms with Gasteiger partial charge in [-0.3, -0.25) is 15.2 Å². The van der Waals surface area contributed by atoms with Crippen molar-refractivity contribution in [2.24, 2.45) is 5.10 Å². The Hall–Kier alpha value is -6.60. The van der Waals surface area contributed by atoms with Crippen LogP contribution in [0.25, 0.3) is 11.0 Å². The summed E-state index contributed by atoms with van der Waals surface area (Å²) in [5.41, 5.74) is 10.5. The molecular formula is C42H32N6O. The van der Waals surface area contributed by atoms with Gasteiger partial charge in [0.05, 0.1) is 34.0 Å². The van der Waals surface area contributed by atoms with Crippen LogP contribution in [-0.4, -0.2) is 21.6 Å². The fourth-order valence-corrected chi connectivity index (χ4v) is 6.39. The van der Waals surface area contributed by atoms with E-state index in [9.17, 15) is 4.79 Å². The zero-order valence-corrected chi connectivity index (χ0v) is 26.5. The molecule has 1 amide bonds. The third kappa shape index (κ3) is 5.90. The number of carbonyl (C=O) groups is 1. The van der Waals surface area contributed by atoms with Crippen LogP contribution in [0.5, 0.6) is 0 Å². The first-order valence-corrected chi connectivity index (χ1v) is 16.3. The molecule has 0 aliphatic carbocycles. The van der Waals surface area contributed by atoms with Crippen molar-refractivity contribution in [1.29, 1.82) is 0 Å². The third-order valence-corrected chi connectivity index (χ3v) is 8.67. The first kappa shape index (κ1) is 29.8. The topological polar surface area (TPSA) is 73.7 Å². The lowest BCUT2D eigenvalue weighted by atomic mass is 9.83. The number of hydrazine groups is 1. The number of hydrogen-bond acceptors (Lipinski definition) is 6. The van der Waals surface area contributed by atoms with Crippen LogP contribution in [-0.2, 0) is 0 Å². The third-order valence-electron chi connectivity index (χ3n) is 8.67. The van der Waals surface area contributed by atoms with Gasteiger partial charge in [0.15, 0.2) is 5.82 Å². The van der Waals surface area contributed by atoms with Gasteiger partial charge >= 0.3 is 0 Å². The number of amides is 1. The van der Waals surface area contributed by atoms with Gasteiger partial charge in [0, 0.05) is 5.56 Å². The summed E-state index contributed by atoms with van der Waals surface area (Å²) in [7, 11) is 0. The summed E-state index contributed by atoms with van der Waals surface area (Å²) in [6.45, 7) is 0. The van der Waals surface area contributed by atoms with Crippen LogP contribution in [0, 0.1) is 0 Å². The number of nitrogens with one attached hydrogen (secondary N) is 1. The number of fused-ring (bicyclic) bond motifs is 1. The number of rotatable bonds is 8. The molecule has 1 aromatic heterocycles. The molecule has 0 spiro atoms. The van der Waals surface area contributed by atoms with Crippen molar-refractivity contribution in [3.05, 3.63) is 198 Å². The first-order valence-electron chi connectivity index (χ1n) is 16.3. The molecule has 236 valence electrons. The van der Waals surface area contributed by atoms with Crippen LogP contribution in [0.15, 0.2) is 181 Å². The molecule has 7 heteroatoms. The quantitative estimate of drug-likeness (QED) is 0.169. The van der Waals surface area contributed by atoms with Gasteiger partial charge in [-0.2, -0.15) is 5.10 Å². The highest BCUT2D eigenvalue weighted by Gasteiger charge is 2.44. The fraction of sp³-hybridized carbons (Fsp3) is 0.0476. The van der Waals surface area contributed by atoms with Crippen LogP contribution in [0.1, 0.15) is 39.1 Å². The van der Waals surface area contributed by atoms with Gasteiger partial charge in [-0.05, 0) is 59.7 Å². The number of aromatic nitrogens is 2. The van der Waals surface area contributed by atoms with Crippen molar-refractivity contribution in [3.63, 3.8) is 0 Å². The van der Waals surface area contributed by atoms with Crippen LogP contribution in [0.3, 0.4) is 0 Å². The van der Waals surface area contributed by atoms with Gasteiger partial charge in [-0.15, -0.1) is 0 Å². The zero-order valence-electron chi connectivity index (χ0n) is 26.5. The van der Waals surface area contributed by atoms with E-state index in [1.54, 1.807) is 17.1 Å². The summed E-state index contributed by atoms with van der Waals surface area (Å²) in [6, 6.07) is 57.2. The summed E-state index contributed by atoms with van der Waals surface area (Å²) in [5.74, 6) is 0.00329. The molecular weight excluding hydrogens is 605 g/mol. The number of anilines is 3. The van der Waals surface area contributed by atoms with Gasteiger partial charge in [0.2, 0.25) is 0 Å². The van der Waals surface area contributed by atoms with Crippen molar-refractivity contribution in [2.45, 2.75) is 12.0 Å². The normalized spacial score (nSPS) is 15.5. The van der Waals surface area contributed by atoms with Crippen LogP contribution in [0.2, 0.25) is 0 Å². The largest absolute Gasteiger partial charge is 0.270 e. The van der Waals surface area contributed by atoms with Gasteiger partial charge in [0.25, 0.3) is 5.91 Å². The highest BCUT2D eigenvalue weighted by atomic mass is 16.2. The molecule has 1 N–H and O–H groups in total. The minimum absolute atomic E-state index is 0.236. The summed E-state index contributed by atoms with van der Waals surface area (Å²) in [6.07, 6.45) is 0. The Labute approximate surface area is 284 Å². The molecule has 1 aliphatic rings. The second kappa shape index (κ2) is 13.3. The van der Waals surface area contributed by atoms with Gasteiger partial charge in [0.1, 0.15) is 11.7 Å². The van der Waals surface area contributed by atoms with Crippen LogP contribution in [0.4, 0.5) is 17.2 Å². The van der Waals surface area contributed by atoms with E-state index in [0.717, 1.165) is 33.7 Å². The maximum Gasteiger partial charge on any atom is 0.270 e. The van der Waals surface area contributed by atoms with Crippen LogP contribution >= 0.6 is 0 Å².